The van der Waals surface area contributed by atoms with Gasteiger partial charge in [0, 0.05) is 0 Å². The number of carbonyl (C=O) groups is 1. The van der Waals surface area contributed by atoms with E-state index < -0.39 is 12.0 Å². The van der Waals surface area contributed by atoms with Gasteiger partial charge in [0.2, 0.25) is 0 Å². The Morgan fingerprint density at radius 2 is 2.55 bits per heavy atom. The molecule has 0 aliphatic carbocycles. The summed E-state index contributed by atoms with van der Waals surface area (Å²) in [7, 11) is 0. The maximum atomic E-state index is 10.3. The Morgan fingerprint density at radius 3 is 3.00 bits per heavy atom. The van der Waals surface area contributed by atoms with Crippen LogP contribution in [0, 0.1) is 0 Å². The number of aromatic nitrogens is 4. The normalized spacial score (nSPS) is 12.5. The Balaban J connectivity index is 2.50. The number of nitrogens with zero attached hydrogens (tertiary/aromatic N) is 4. The largest absolute Gasteiger partial charge is 0.480 e. The number of carboxylic acid groups (broad SMARTS) is 1. The fraction of sp³-hybridized carbons (Fsp3) is 0.500. The third-order valence-corrected chi connectivity index (χ3v) is 1.05. The summed E-state index contributed by atoms with van der Waals surface area (Å²) >= 11 is 0. The first-order valence-electron chi connectivity index (χ1n) is 2.92. The second-order valence-corrected chi connectivity index (χ2v) is 1.94. The molecule has 0 bridgehead atoms. The van der Waals surface area contributed by atoms with Crippen molar-refractivity contribution in [2.75, 3.05) is 5.43 Å². The monoisotopic (exact) mass is 157 g/mol. The molecule has 0 aliphatic heterocycles. The molecule has 0 radical (unpaired) electrons. The van der Waals surface area contributed by atoms with E-state index in [1.54, 1.807) is 0 Å². The average Bonchev–Trinajstić information content (AvgIpc) is 2.39. The molecule has 1 aromatic heterocycles. The summed E-state index contributed by atoms with van der Waals surface area (Å²) in [6.45, 7) is 1.49. The third-order valence-electron chi connectivity index (χ3n) is 1.05. The number of hydrogen-bond acceptors (Lipinski definition) is 5. The van der Waals surface area contributed by atoms with E-state index in [0.717, 1.165) is 4.79 Å². The van der Waals surface area contributed by atoms with E-state index in [2.05, 4.69) is 21.0 Å². The fourth-order valence-corrected chi connectivity index (χ4v) is 0.474. The molecule has 0 unspecified atom stereocenters. The van der Waals surface area contributed by atoms with Gasteiger partial charge in [-0.05, 0) is 17.4 Å². The lowest BCUT2D eigenvalue weighted by Gasteiger charge is -2.07. The maximum absolute atomic E-state index is 10.3. The van der Waals surface area contributed by atoms with E-state index in [1.807, 2.05) is 0 Å². The Morgan fingerprint density at radius 1 is 1.82 bits per heavy atom. The van der Waals surface area contributed by atoms with Gasteiger partial charge in [0.25, 0.3) is 0 Å². The molecule has 7 heteroatoms. The smallest absolute Gasteiger partial charge is 0.327 e. The van der Waals surface area contributed by atoms with Crippen LogP contribution in [-0.2, 0) is 4.79 Å². The standard InChI is InChI=1S/C4H7N5O2/c1-3(4(10)11)6-9-2-5-7-8-9/h2-3,6H,1H3,(H,10,11)/t3-/m0/s1. The molecule has 0 fully saturated rings. The van der Waals surface area contributed by atoms with Gasteiger partial charge in [-0.3, -0.25) is 5.43 Å². The Labute approximate surface area is 62.0 Å². The summed E-state index contributed by atoms with van der Waals surface area (Å²) in [6, 6.07) is -0.710. The third kappa shape index (κ3) is 1.88. The van der Waals surface area contributed by atoms with Crippen LogP contribution in [0.15, 0.2) is 6.33 Å². The number of hydrogen-bond donors (Lipinski definition) is 2. The van der Waals surface area contributed by atoms with Crippen LogP contribution in [-0.4, -0.2) is 37.4 Å². The molecule has 0 spiro atoms. The second-order valence-electron chi connectivity index (χ2n) is 1.94. The van der Waals surface area contributed by atoms with Crippen LogP contribution in [0.25, 0.3) is 0 Å². The lowest BCUT2D eigenvalue weighted by Crippen LogP contribution is -2.32. The van der Waals surface area contributed by atoms with E-state index in [0.29, 0.717) is 0 Å². The van der Waals surface area contributed by atoms with Gasteiger partial charge in [-0.25, -0.2) is 4.79 Å². The first kappa shape index (κ1) is 7.45. The highest BCUT2D eigenvalue weighted by Crippen LogP contribution is 1.82. The molecule has 0 saturated carbocycles. The van der Waals surface area contributed by atoms with E-state index in [-0.39, 0.29) is 0 Å². The van der Waals surface area contributed by atoms with Crippen molar-refractivity contribution < 1.29 is 9.90 Å². The molecule has 1 rings (SSSR count). The SMILES string of the molecule is C[C@H](Nn1cnnn1)C(=O)O. The van der Waals surface area contributed by atoms with Crippen LogP contribution in [0.4, 0.5) is 0 Å². The second kappa shape index (κ2) is 2.95. The first-order valence-corrected chi connectivity index (χ1v) is 2.92. The molecule has 0 amide bonds. The maximum Gasteiger partial charge on any atom is 0.327 e. The summed E-state index contributed by atoms with van der Waals surface area (Å²) < 4.78 is 0. The van der Waals surface area contributed by atoms with Crippen molar-refractivity contribution in [2.45, 2.75) is 13.0 Å². The van der Waals surface area contributed by atoms with Crippen LogP contribution in [0.5, 0.6) is 0 Å². The topological polar surface area (TPSA) is 92.9 Å². The number of rotatable bonds is 3. The highest BCUT2D eigenvalue weighted by Gasteiger charge is 2.09. The molecule has 1 aromatic rings. The lowest BCUT2D eigenvalue weighted by atomic mass is 10.4. The van der Waals surface area contributed by atoms with Gasteiger partial charge < -0.3 is 5.11 Å². The number of nitrogens with one attached hydrogen (secondary N) is 1. The van der Waals surface area contributed by atoms with Crippen LogP contribution < -0.4 is 5.43 Å². The molecule has 1 atom stereocenters. The van der Waals surface area contributed by atoms with Crippen LogP contribution >= 0.6 is 0 Å². The molecule has 2 N–H and O–H groups in total. The summed E-state index contributed by atoms with van der Waals surface area (Å²) in [4.78, 5) is 11.4. The quantitative estimate of drug-likeness (QED) is 0.565. The van der Waals surface area contributed by atoms with Crippen LogP contribution in [0.3, 0.4) is 0 Å². The molecule has 0 saturated heterocycles. The van der Waals surface area contributed by atoms with Crippen molar-refractivity contribution in [3.8, 4) is 0 Å². The Kier molecular flexibility index (Phi) is 2.00. The van der Waals surface area contributed by atoms with E-state index in [4.69, 9.17) is 5.11 Å². The van der Waals surface area contributed by atoms with Gasteiger partial charge in [-0.15, -0.1) is 9.89 Å². The summed E-state index contributed by atoms with van der Waals surface area (Å²) in [5.74, 6) is -0.958. The first-order chi connectivity index (χ1) is 5.20. The van der Waals surface area contributed by atoms with Gasteiger partial charge in [-0.1, -0.05) is 0 Å². The molecule has 1 heterocycles. The number of tetrazole rings is 1. The van der Waals surface area contributed by atoms with Crippen molar-refractivity contribution in [1.29, 1.82) is 0 Å². The zero-order chi connectivity index (χ0) is 8.27. The Hall–Kier alpha value is -1.66. The van der Waals surface area contributed by atoms with Crippen molar-refractivity contribution in [1.82, 2.24) is 20.3 Å². The van der Waals surface area contributed by atoms with Gasteiger partial charge >= 0.3 is 5.97 Å². The summed E-state index contributed by atoms with van der Waals surface area (Å²) in [5.41, 5.74) is 2.50. The summed E-state index contributed by atoms with van der Waals surface area (Å²) in [5, 5.41) is 18.5. The van der Waals surface area contributed by atoms with Crippen LogP contribution in [0.2, 0.25) is 0 Å². The molecular formula is C4H7N5O2. The number of aliphatic carboxylic acids is 1. The van der Waals surface area contributed by atoms with E-state index >= 15 is 0 Å². The van der Waals surface area contributed by atoms with E-state index in [1.165, 1.54) is 13.3 Å². The van der Waals surface area contributed by atoms with Crippen LogP contribution in [0.1, 0.15) is 6.92 Å². The summed E-state index contributed by atoms with van der Waals surface area (Å²) in [6.07, 6.45) is 1.28. The highest BCUT2D eigenvalue weighted by atomic mass is 16.4. The minimum atomic E-state index is -0.958. The zero-order valence-electron chi connectivity index (χ0n) is 5.80. The molecular weight excluding hydrogens is 150 g/mol. The molecule has 11 heavy (non-hydrogen) atoms. The van der Waals surface area contributed by atoms with Crippen molar-refractivity contribution in [2.24, 2.45) is 0 Å². The van der Waals surface area contributed by atoms with Crippen molar-refractivity contribution >= 4 is 5.97 Å². The Bertz CT molecular complexity index is 233. The molecule has 0 aromatic carbocycles. The van der Waals surface area contributed by atoms with Gasteiger partial charge in [0.05, 0.1) is 0 Å². The zero-order valence-corrected chi connectivity index (χ0v) is 5.80. The van der Waals surface area contributed by atoms with Gasteiger partial charge in [0.1, 0.15) is 6.04 Å². The minimum absolute atomic E-state index is 0.710. The lowest BCUT2D eigenvalue weighted by molar-refractivity contribution is -0.137. The van der Waals surface area contributed by atoms with E-state index in [9.17, 15) is 4.79 Å². The van der Waals surface area contributed by atoms with Gasteiger partial charge in [0.15, 0.2) is 6.33 Å². The predicted molar refractivity (Wildman–Crippen MR) is 34.3 cm³/mol. The average molecular weight is 157 g/mol. The van der Waals surface area contributed by atoms with Crippen molar-refractivity contribution in [3.05, 3.63) is 6.33 Å². The van der Waals surface area contributed by atoms with Crippen molar-refractivity contribution in [3.63, 3.8) is 0 Å². The molecule has 0 aliphatic rings. The molecule has 60 valence electrons. The highest BCUT2D eigenvalue weighted by molar-refractivity contribution is 5.74. The fourth-order valence-electron chi connectivity index (χ4n) is 0.474. The predicted octanol–water partition coefficient (Wildman–Crippen LogP) is -1.31. The number of carboxylic acids is 1. The molecule has 7 nitrogen and oxygen atoms in total. The minimum Gasteiger partial charge on any atom is -0.480 e. The van der Waals surface area contributed by atoms with Gasteiger partial charge in [-0.2, -0.15) is 0 Å².